The van der Waals surface area contributed by atoms with Gasteiger partial charge in [0.15, 0.2) is 0 Å². The predicted molar refractivity (Wildman–Crippen MR) is 80.8 cm³/mol. The van der Waals surface area contributed by atoms with Crippen LogP contribution in [0.3, 0.4) is 0 Å². The monoisotopic (exact) mass is 340 g/mol. The molecule has 2 aromatic rings. The summed E-state index contributed by atoms with van der Waals surface area (Å²) in [4.78, 5) is 4.04. The highest BCUT2D eigenvalue weighted by atomic mass is 79.9. The van der Waals surface area contributed by atoms with E-state index < -0.39 is 0 Å². The molecule has 3 nitrogen and oxygen atoms in total. The number of nitrogens with two attached hydrogens (primary N) is 1. The van der Waals surface area contributed by atoms with E-state index in [0.717, 1.165) is 16.5 Å². The van der Waals surface area contributed by atoms with Crippen molar-refractivity contribution < 1.29 is 4.74 Å². The Morgan fingerprint density at radius 1 is 1.32 bits per heavy atom. The first-order chi connectivity index (χ1) is 9.04. The van der Waals surface area contributed by atoms with Gasteiger partial charge < -0.3 is 10.5 Å². The standard InChI is InChI=1S/C14H14BrClN2O/c1-9(17)4-10-2-3-12(6-14(10)16)19-13-5-11(15)7-18-8-13/h2-3,5-9H,4,17H2,1H3. The molecule has 1 atom stereocenters. The Kier molecular flexibility index (Phi) is 4.80. The maximum absolute atomic E-state index is 6.21. The molecule has 0 aliphatic rings. The summed E-state index contributed by atoms with van der Waals surface area (Å²) < 4.78 is 6.56. The van der Waals surface area contributed by atoms with Gasteiger partial charge in [-0.25, -0.2) is 0 Å². The molecule has 100 valence electrons. The molecule has 0 fully saturated rings. The Labute approximate surface area is 125 Å². The van der Waals surface area contributed by atoms with Crippen molar-refractivity contribution in [1.82, 2.24) is 4.98 Å². The van der Waals surface area contributed by atoms with Crippen molar-refractivity contribution >= 4 is 27.5 Å². The van der Waals surface area contributed by atoms with Crippen LogP contribution in [-0.4, -0.2) is 11.0 Å². The molecule has 0 saturated carbocycles. The molecule has 0 spiro atoms. The van der Waals surface area contributed by atoms with Crippen LogP contribution >= 0.6 is 27.5 Å². The molecule has 0 bridgehead atoms. The van der Waals surface area contributed by atoms with E-state index in [9.17, 15) is 0 Å². The van der Waals surface area contributed by atoms with Gasteiger partial charge in [-0.3, -0.25) is 4.98 Å². The Morgan fingerprint density at radius 3 is 2.74 bits per heavy atom. The normalized spacial score (nSPS) is 12.2. The van der Waals surface area contributed by atoms with Crippen molar-refractivity contribution in [2.45, 2.75) is 19.4 Å². The number of nitrogens with zero attached hydrogens (tertiary/aromatic N) is 1. The van der Waals surface area contributed by atoms with E-state index >= 15 is 0 Å². The summed E-state index contributed by atoms with van der Waals surface area (Å²) in [5.41, 5.74) is 6.79. The van der Waals surface area contributed by atoms with E-state index in [0.29, 0.717) is 16.5 Å². The summed E-state index contributed by atoms with van der Waals surface area (Å²) in [7, 11) is 0. The summed E-state index contributed by atoms with van der Waals surface area (Å²) in [5, 5.41) is 0.665. The van der Waals surface area contributed by atoms with E-state index in [1.165, 1.54) is 0 Å². The average Bonchev–Trinajstić information content (AvgIpc) is 2.32. The topological polar surface area (TPSA) is 48.1 Å². The van der Waals surface area contributed by atoms with Gasteiger partial charge in [0.1, 0.15) is 11.5 Å². The first-order valence-electron chi connectivity index (χ1n) is 5.87. The highest BCUT2D eigenvalue weighted by Crippen LogP contribution is 2.28. The van der Waals surface area contributed by atoms with E-state index in [-0.39, 0.29) is 6.04 Å². The van der Waals surface area contributed by atoms with Gasteiger partial charge >= 0.3 is 0 Å². The molecule has 0 aliphatic carbocycles. The lowest BCUT2D eigenvalue weighted by molar-refractivity contribution is 0.479. The number of ether oxygens (including phenoxy) is 1. The quantitative estimate of drug-likeness (QED) is 0.907. The Balaban J connectivity index is 2.16. The van der Waals surface area contributed by atoms with Gasteiger partial charge in [0.05, 0.1) is 6.20 Å². The van der Waals surface area contributed by atoms with Gasteiger partial charge in [-0.1, -0.05) is 17.7 Å². The lowest BCUT2D eigenvalue weighted by atomic mass is 10.1. The molecule has 1 heterocycles. The number of hydrogen-bond donors (Lipinski definition) is 1. The molecule has 0 radical (unpaired) electrons. The Hall–Kier alpha value is -1.10. The van der Waals surface area contributed by atoms with Crippen LogP contribution in [0, 0.1) is 0 Å². The zero-order chi connectivity index (χ0) is 13.8. The molecule has 1 aromatic heterocycles. The Morgan fingerprint density at radius 2 is 2.11 bits per heavy atom. The van der Waals surface area contributed by atoms with E-state index in [4.69, 9.17) is 22.1 Å². The molecular weight excluding hydrogens is 328 g/mol. The highest BCUT2D eigenvalue weighted by Gasteiger charge is 2.06. The molecule has 0 aliphatic heterocycles. The van der Waals surface area contributed by atoms with Crippen LogP contribution < -0.4 is 10.5 Å². The maximum Gasteiger partial charge on any atom is 0.146 e. The number of halogens is 2. The Bertz CT molecular complexity index is 575. The smallest absolute Gasteiger partial charge is 0.146 e. The number of hydrogen-bond acceptors (Lipinski definition) is 3. The third-order valence-electron chi connectivity index (χ3n) is 2.48. The van der Waals surface area contributed by atoms with Crippen molar-refractivity contribution in [3.8, 4) is 11.5 Å². The van der Waals surface area contributed by atoms with Crippen LogP contribution in [0.25, 0.3) is 0 Å². The van der Waals surface area contributed by atoms with E-state index in [1.807, 2.05) is 25.1 Å². The first kappa shape index (κ1) is 14.3. The summed E-state index contributed by atoms with van der Waals surface area (Å²) in [5.74, 6) is 1.34. The fraction of sp³-hybridized carbons (Fsp3) is 0.214. The third kappa shape index (κ3) is 4.20. The van der Waals surface area contributed by atoms with Crippen LogP contribution in [0.15, 0.2) is 41.1 Å². The van der Waals surface area contributed by atoms with Gasteiger partial charge in [0.2, 0.25) is 0 Å². The van der Waals surface area contributed by atoms with Crippen LogP contribution in [0.1, 0.15) is 12.5 Å². The first-order valence-corrected chi connectivity index (χ1v) is 7.04. The number of aromatic nitrogens is 1. The van der Waals surface area contributed by atoms with Crippen LogP contribution in [0.4, 0.5) is 0 Å². The lowest BCUT2D eigenvalue weighted by Crippen LogP contribution is -2.17. The summed E-state index contributed by atoms with van der Waals surface area (Å²) in [6.07, 6.45) is 4.09. The highest BCUT2D eigenvalue weighted by molar-refractivity contribution is 9.10. The second kappa shape index (κ2) is 6.37. The van der Waals surface area contributed by atoms with Crippen molar-refractivity contribution in [2.75, 3.05) is 0 Å². The number of rotatable bonds is 4. The SMILES string of the molecule is CC(N)Cc1ccc(Oc2cncc(Br)c2)cc1Cl. The van der Waals surface area contributed by atoms with Gasteiger partial charge in [0.25, 0.3) is 0 Å². The van der Waals surface area contributed by atoms with Crippen LogP contribution in [0.2, 0.25) is 5.02 Å². The minimum Gasteiger partial charge on any atom is -0.456 e. The zero-order valence-electron chi connectivity index (χ0n) is 10.4. The minimum atomic E-state index is 0.0820. The van der Waals surface area contributed by atoms with E-state index in [1.54, 1.807) is 18.5 Å². The summed E-state index contributed by atoms with van der Waals surface area (Å²) in [6.45, 7) is 1.95. The minimum absolute atomic E-state index is 0.0820. The van der Waals surface area contributed by atoms with Crippen molar-refractivity contribution in [2.24, 2.45) is 5.73 Å². The molecule has 2 rings (SSSR count). The molecule has 1 aromatic carbocycles. The molecule has 1 unspecified atom stereocenters. The third-order valence-corrected chi connectivity index (χ3v) is 3.27. The molecule has 5 heteroatoms. The van der Waals surface area contributed by atoms with Crippen LogP contribution in [0.5, 0.6) is 11.5 Å². The van der Waals surface area contributed by atoms with Crippen LogP contribution in [-0.2, 0) is 6.42 Å². The molecule has 0 saturated heterocycles. The van der Waals surface area contributed by atoms with Crippen molar-refractivity contribution in [3.05, 3.63) is 51.7 Å². The second-order valence-corrected chi connectivity index (χ2v) is 5.70. The predicted octanol–water partition coefficient (Wildman–Crippen LogP) is 4.18. The van der Waals surface area contributed by atoms with Gasteiger partial charge in [-0.2, -0.15) is 0 Å². The molecule has 2 N–H and O–H groups in total. The fourth-order valence-electron chi connectivity index (χ4n) is 1.69. The second-order valence-electron chi connectivity index (χ2n) is 4.38. The summed E-state index contributed by atoms with van der Waals surface area (Å²) in [6, 6.07) is 7.53. The number of benzene rings is 1. The largest absolute Gasteiger partial charge is 0.456 e. The fourth-order valence-corrected chi connectivity index (χ4v) is 2.28. The van der Waals surface area contributed by atoms with Gasteiger partial charge in [-0.05, 0) is 53.0 Å². The molecule has 0 amide bonds. The zero-order valence-corrected chi connectivity index (χ0v) is 12.8. The number of pyridine rings is 1. The average molecular weight is 342 g/mol. The summed E-state index contributed by atoms with van der Waals surface area (Å²) >= 11 is 9.56. The van der Waals surface area contributed by atoms with Crippen molar-refractivity contribution in [1.29, 1.82) is 0 Å². The maximum atomic E-state index is 6.21. The molecular formula is C14H14BrClN2O. The van der Waals surface area contributed by atoms with E-state index in [2.05, 4.69) is 20.9 Å². The molecule has 19 heavy (non-hydrogen) atoms. The lowest BCUT2D eigenvalue weighted by Gasteiger charge is -2.10. The van der Waals surface area contributed by atoms with Gasteiger partial charge in [0, 0.05) is 21.7 Å². The van der Waals surface area contributed by atoms with Gasteiger partial charge in [-0.15, -0.1) is 0 Å². The van der Waals surface area contributed by atoms with Crippen molar-refractivity contribution in [3.63, 3.8) is 0 Å².